The average Bonchev–Trinajstić information content (AvgIpc) is 2.43. The van der Waals surface area contributed by atoms with Gasteiger partial charge in [-0.3, -0.25) is 10.1 Å². The largest absolute Gasteiger partial charge is 0.486 e. The van der Waals surface area contributed by atoms with Crippen LogP contribution >= 0.6 is 11.8 Å². The van der Waals surface area contributed by atoms with Gasteiger partial charge in [-0.05, 0) is 0 Å². The summed E-state index contributed by atoms with van der Waals surface area (Å²) >= 11 is 1.09. The molecule has 1 atom stereocenters. The number of thioether (sulfide) groups is 1. The van der Waals surface area contributed by atoms with Crippen molar-refractivity contribution in [1.82, 2.24) is 0 Å². The maximum atomic E-state index is 11.0. The number of nitrogens with zero attached hydrogens (tertiary/aromatic N) is 1. The molecule has 7 nitrogen and oxygen atoms in total. The smallest absolute Gasteiger partial charge is 0.286 e. The third-order valence-electron chi connectivity index (χ3n) is 2.46. The molecule has 0 amide bonds. The van der Waals surface area contributed by atoms with Gasteiger partial charge in [0.1, 0.15) is 13.2 Å². The second-order valence-corrected chi connectivity index (χ2v) is 4.93. The van der Waals surface area contributed by atoms with Crippen LogP contribution in [0.3, 0.4) is 0 Å². The minimum absolute atomic E-state index is 0.0978. The predicted molar refractivity (Wildman–Crippen MR) is 67.9 cm³/mol. The number of fused-ring (bicyclic) bond motifs is 1. The van der Waals surface area contributed by atoms with Crippen molar-refractivity contribution in [3.8, 4) is 11.5 Å². The van der Waals surface area contributed by atoms with Crippen molar-refractivity contribution in [2.24, 2.45) is 0 Å². The number of ether oxygens (including phenoxy) is 2. The van der Waals surface area contributed by atoms with E-state index in [0.29, 0.717) is 29.6 Å². The zero-order chi connectivity index (χ0) is 13.8. The van der Waals surface area contributed by atoms with Crippen molar-refractivity contribution in [2.75, 3.05) is 25.6 Å². The summed E-state index contributed by atoms with van der Waals surface area (Å²) in [5.41, 5.74) is -0.0978. The molecule has 8 heteroatoms. The Morgan fingerprint density at radius 1 is 1.37 bits per heavy atom. The van der Waals surface area contributed by atoms with Crippen LogP contribution in [0.5, 0.6) is 11.5 Å². The molecule has 0 radical (unpaired) electrons. The van der Waals surface area contributed by atoms with E-state index in [1.54, 1.807) is 0 Å². The summed E-state index contributed by atoms with van der Waals surface area (Å²) in [6.45, 7) is 0.374. The van der Waals surface area contributed by atoms with Crippen molar-refractivity contribution in [3.63, 3.8) is 0 Å². The van der Waals surface area contributed by atoms with Crippen LogP contribution in [0.2, 0.25) is 0 Å². The number of hydrogen-bond acceptors (Lipinski definition) is 7. The van der Waals surface area contributed by atoms with Crippen LogP contribution in [0.1, 0.15) is 0 Å². The van der Waals surface area contributed by atoms with E-state index in [0.717, 1.165) is 11.8 Å². The minimum Gasteiger partial charge on any atom is -0.486 e. The summed E-state index contributed by atoms with van der Waals surface area (Å²) in [6, 6.07) is 2.85. The first-order valence-electron chi connectivity index (χ1n) is 5.61. The standard InChI is InChI=1S/C11H13NO6S/c13-5-7(14)6-19-11-4-10-9(17-1-2-18-10)3-8(11)12(15)16/h3-4,7,13-14H,1-2,5-6H2. The zero-order valence-corrected chi connectivity index (χ0v) is 10.8. The fourth-order valence-corrected chi connectivity index (χ4v) is 2.51. The van der Waals surface area contributed by atoms with Crippen LogP contribution in [0, 0.1) is 10.1 Å². The molecule has 0 fully saturated rings. The lowest BCUT2D eigenvalue weighted by Gasteiger charge is -2.19. The number of nitro groups is 1. The van der Waals surface area contributed by atoms with E-state index in [2.05, 4.69) is 0 Å². The van der Waals surface area contributed by atoms with E-state index >= 15 is 0 Å². The van der Waals surface area contributed by atoms with Gasteiger partial charge in [0, 0.05) is 11.8 Å². The third kappa shape index (κ3) is 3.28. The SMILES string of the molecule is O=[N+]([O-])c1cc2c(cc1SCC(O)CO)OCCO2. The Morgan fingerprint density at radius 3 is 2.58 bits per heavy atom. The molecule has 104 valence electrons. The molecule has 0 saturated carbocycles. The number of nitro benzene ring substituents is 1. The van der Waals surface area contributed by atoms with Crippen molar-refractivity contribution < 1.29 is 24.6 Å². The molecule has 1 aliphatic rings. The monoisotopic (exact) mass is 287 g/mol. The van der Waals surface area contributed by atoms with Crippen molar-refractivity contribution >= 4 is 17.4 Å². The van der Waals surface area contributed by atoms with Gasteiger partial charge in [-0.25, -0.2) is 0 Å². The number of benzene rings is 1. The summed E-state index contributed by atoms with van der Waals surface area (Å²) in [5, 5.41) is 29.0. The second-order valence-electron chi connectivity index (χ2n) is 3.87. The molecule has 2 rings (SSSR count). The number of hydrogen-bond donors (Lipinski definition) is 2. The van der Waals surface area contributed by atoms with Crippen LogP contribution in [-0.2, 0) is 0 Å². The van der Waals surface area contributed by atoms with Crippen LogP contribution in [-0.4, -0.2) is 46.8 Å². The molecule has 1 aliphatic heterocycles. The molecule has 1 aromatic carbocycles. The zero-order valence-electron chi connectivity index (χ0n) is 9.94. The minimum atomic E-state index is -0.919. The lowest BCUT2D eigenvalue weighted by atomic mass is 10.2. The van der Waals surface area contributed by atoms with E-state index in [4.69, 9.17) is 14.6 Å². The summed E-state index contributed by atoms with van der Waals surface area (Å²) in [4.78, 5) is 10.9. The van der Waals surface area contributed by atoms with Gasteiger partial charge in [0.2, 0.25) is 0 Å². The van der Waals surface area contributed by atoms with Crippen LogP contribution in [0.4, 0.5) is 5.69 Å². The highest BCUT2D eigenvalue weighted by atomic mass is 32.2. The van der Waals surface area contributed by atoms with E-state index in [1.165, 1.54) is 12.1 Å². The third-order valence-corrected chi connectivity index (χ3v) is 3.65. The van der Waals surface area contributed by atoms with Gasteiger partial charge >= 0.3 is 0 Å². The number of rotatable bonds is 5. The first-order chi connectivity index (χ1) is 9.11. The van der Waals surface area contributed by atoms with Crippen molar-refractivity contribution in [1.29, 1.82) is 0 Å². The average molecular weight is 287 g/mol. The summed E-state index contributed by atoms with van der Waals surface area (Å²) in [6.07, 6.45) is -0.919. The summed E-state index contributed by atoms with van der Waals surface area (Å²) < 4.78 is 10.6. The van der Waals surface area contributed by atoms with Crippen molar-refractivity contribution in [2.45, 2.75) is 11.0 Å². The Bertz CT molecular complexity index is 480. The lowest BCUT2D eigenvalue weighted by Crippen LogP contribution is -2.16. The molecule has 0 bridgehead atoms. The van der Waals surface area contributed by atoms with E-state index in [1.807, 2.05) is 0 Å². The highest BCUT2D eigenvalue weighted by molar-refractivity contribution is 7.99. The molecule has 2 N–H and O–H groups in total. The maximum Gasteiger partial charge on any atom is 0.286 e. The maximum absolute atomic E-state index is 11.0. The molecule has 1 unspecified atom stereocenters. The van der Waals surface area contributed by atoms with Gasteiger partial charge in [-0.15, -0.1) is 11.8 Å². The van der Waals surface area contributed by atoms with E-state index in [9.17, 15) is 15.2 Å². The van der Waals surface area contributed by atoms with Gasteiger partial charge < -0.3 is 19.7 Å². The highest BCUT2D eigenvalue weighted by Crippen LogP contribution is 2.40. The molecular weight excluding hydrogens is 274 g/mol. The molecule has 0 aliphatic carbocycles. The normalized spacial score (nSPS) is 15.1. The fourth-order valence-electron chi connectivity index (χ4n) is 1.56. The summed E-state index contributed by atoms with van der Waals surface area (Å²) in [5.74, 6) is 0.972. The van der Waals surface area contributed by atoms with E-state index in [-0.39, 0.29) is 18.0 Å². The van der Waals surface area contributed by atoms with Crippen LogP contribution in [0.25, 0.3) is 0 Å². The van der Waals surface area contributed by atoms with Gasteiger partial charge in [-0.2, -0.15) is 0 Å². The Labute approximate surface area is 113 Å². The topological polar surface area (TPSA) is 102 Å². The Hall–Kier alpha value is -1.51. The molecule has 1 heterocycles. The van der Waals surface area contributed by atoms with Crippen LogP contribution in [0.15, 0.2) is 17.0 Å². The predicted octanol–water partition coefficient (Wildman–Crippen LogP) is 0.811. The van der Waals surface area contributed by atoms with E-state index < -0.39 is 11.0 Å². The van der Waals surface area contributed by atoms with Gasteiger partial charge in [0.25, 0.3) is 5.69 Å². The first kappa shape index (κ1) is 13.9. The van der Waals surface area contributed by atoms with Gasteiger partial charge in [-0.1, -0.05) is 0 Å². The molecule has 0 aromatic heterocycles. The molecular formula is C11H13NO6S. The van der Waals surface area contributed by atoms with Crippen LogP contribution < -0.4 is 9.47 Å². The van der Waals surface area contributed by atoms with Gasteiger partial charge in [0.15, 0.2) is 11.5 Å². The fraction of sp³-hybridized carbons (Fsp3) is 0.455. The van der Waals surface area contributed by atoms with Crippen molar-refractivity contribution in [3.05, 3.63) is 22.2 Å². The molecule has 0 spiro atoms. The number of aliphatic hydroxyl groups is 2. The number of aliphatic hydroxyl groups excluding tert-OH is 2. The second kappa shape index (κ2) is 6.09. The molecule has 0 saturated heterocycles. The first-order valence-corrected chi connectivity index (χ1v) is 6.60. The Morgan fingerprint density at radius 2 is 2.00 bits per heavy atom. The van der Waals surface area contributed by atoms with Gasteiger partial charge in [0.05, 0.1) is 28.6 Å². The molecule has 19 heavy (non-hydrogen) atoms. The summed E-state index contributed by atoms with van der Waals surface area (Å²) in [7, 11) is 0. The quantitative estimate of drug-likeness (QED) is 0.469. The highest BCUT2D eigenvalue weighted by Gasteiger charge is 2.23. The Kier molecular flexibility index (Phi) is 4.46. The molecule has 1 aromatic rings. The lowest BCUT2D eigenvalue weighted by molar-refractivity contribution is -0.387. The Balaban J connectivity index is 2.26.